The van der Waals surface area contributed by atoms with Crippen LogP contribution in [0, 0.1) is 0 Å². The lowest BCUT2D eigenvalue weighted by atomic mass is 10.2. The highest BCUT2D eigenvalue weighted by Crippen LogP contribution is 2.23. The summed E-state index contributed by atoms with van der Waals surface area (Å²) in [7, 11) is -4.80. The molecule has 0 unspecified atom stereocenters. The van der Waals surface area contributed by atoms with Crippen LogP contribution >= 0.6 is 0 Å². The van der Waals surface area contributed by atoms with Crippen molar-refractivity contribution in [3.8, 4) is 11.5 Å². The van der Waals surface area contributed by atoms with Crippen molar-refractivity contribution in [2.24, 2.45) is 36.9 Å². The van der Waals surface area contributed by atoms with Crippen molar-refractivity contribution < 1.29 is 46.1 Å². The molecule has 0 saturated carbocycles. The first-order valence-electron chi connectivity index (χ1n) is 14.9. The van der Waals surface area contributed by atoms with E-state index in [1.807, 2.05) is 0 Å². The van der Waals surface area contributed by atoms with E-state index in [0.29, 0.717) is 48.1 Å². The van der Waals surface area contributed by atoms with Crippen molar-refractivity contribution in [2.45, 2.75) is 28.7 Å². The summed E-state index contributed by atoms with van der Waals surface area (Å²) in [5.41, 5.74) is 12.8. The second-order valence-electron chi connectivity index (χ2n) is 10.6. The third-order valence-electron chi connectivity index (χ3n) is 6.25. The molecule has 0 heterocycles. The normalized spacial score (nSPS) is 12.4. The van der Waals surface area contributed by atoms with E-state index in [2.05, 4.69) is 25.4 Å². The van der Waals surface area contributed by atoms with E-state index in [1.165, 1.54) is 72.8 Å². The number of phenols is 2. The molecule has 0 spiro atoms. The number of nitrogens with zero attached hydrogens (tertiary/aromatic N) is 6. The molecule has 52 heavy (non-hydrogen) atoms. The maximum Gasteiger partial charge on any atom is 0.320 e. The van der Waals surface area contributed by atoms with E-state index >= 15 is 0 Å². The third-order valence-corrected chi connectivity index (χ3v) is 7.99. The Balaban J connectivity index is 0.000000275. The second-order valence-corrected chi connectivity index (χ2v) is 13.4. The minimum absolute atomic E-state index is 0.136. The van der Waals surface area contributed by atoms with Crippen molar-refractivity contribution in [3.05, 3.63) is 97.1 Å². The molecule has 0 fully saturated rings. The fourth-order valence-corrected chi connectivity index (χ4v) is 4.37. The highest BCUT2D eigenvalue weighted by atomic mass is 32.2. The Hall–Kier alpha value is -5.80. The maximum atomic E-state index is 10.8. The van der Waals surface area contributed by atoms with Crippen molar-refractivity contribution in [1.82, 2.24) is 4.90 Å². The quantitative estimate of drug-likeness (QED) is 0.0342. The van der Waals surface area contributed by atoms with Gasteiger partial charge in [-0.2, -0.15) is 37.3 Å². The van der Waals surface area contributed by atoms with Crippen LogP contribution < -0.4 is 11.5 Å². The number of azo groups is 2. The standard InChI is InChI=1S/2C12H10N2O4S.C8H18N4O2/c2*15-11-5-1-9(2-6-11)13-14-10-3-7-12(8-4-10)19(16,17)18;1-12(2)8(10)11-5-3-4-6(9)7(13)14/h2*1-8,15H,(H,16,17,18);6H,3-5,9H2,1-2H3,(H2,10,11)(H,13,14)/t;;6-/m..0/s1. The molecule has 0 aliphatic rings. The summed E-state index contributed by atoms with van der Waals surface area (Å²) in [6.45, 7) is 0.505. The monoisotopic (exact) mass is 758 g/mol. The number of hydrogen-bond acceptors (Lipinski definition) is 13. The van der Waals surface area contributed by atoms with Crippen LogP contribution in [0.3, 0.4) is 0 Å². The number of nitrogens with two attached hydrogens (primary N) is 2. The van der Waals surface area contributed by atoms with Crippen LogP contribution in [0.2, 0.25) is 0 Å². The summed E-state index contributed by atoms with van der Waals surface area (Å²) in [5, 5.41) is 42.3. The largest absolute Gasteiger partial charge is 0.508 e. The van der Waals surface area contributed by atoms with Crippen LogP contribution in [-0.4, -0.2) is 84.8 Å². The molecule has 0 aliphatic heterocycles. The molecule has 0 saturated heterocycles. The highest BCUT2D eigenvalue weighted by molar-refractivity contribution is 7.86. The van der Waals surface area contributed by atoms with E-state index in [-0.39, 0.29) is 21.3 Å². The highest BCUT2D eigenvalue weighted by Gasteiger charge is 2.10. The summed E-state index contributed by atoms with van der Waals surface area (Å²) in [6, 6.07) is 22.1. The Labute approximate surface area is 300 Å². The summed E-state index contributed by atoms with van der Waals surface area (Å²) >= 11 is 0. The lowest BCUT2D eigenvalue weighted by molar-refractivity contribution is -0.138. The van der Waals surface area contributed by atoms with Crippen molar-refractivity contribution in [3.63, 3.8) is 0 Å². The average Bonchev–Trinajstić information content (AvgIpc) is 3.09. The number of aliphatic imine (C=N–C) groups is 1. The number of carboxylic acid groups (broad SMARTS) is 1. The number of hydrogen-bond donors (Lipinski definition) is 7. The molecule has 0 amide bonds. The molecule has 4 aromatic rings. The molecule has 4 aromatic carbocycles. The Morgan fingerprint density at radius 1 is 0.654 bits per heavy atom. The third kappa shape index (κ3) is 16.3. The Morgan fingerprint density at radius 2 is 0.962 bits per heavy atom. The zero-order valence-corrected chi connectivity index (χ0v) is 29.5. The molecular weight excluding hydrogens is 721 g/mol. The number of benzene rings is 4. The summed E-state index contributed by atoms with van der Waals surface area (Å²) < 4.78 is 60.9. The first kappa shape index (κ1) is 42.4. The van der Waals surface area contributed by atoms with Crippen LogP contribution in [0.4, 0.5) is 22.7 Å². The molecule has 278 valence electrons. The molecule has 4 rings (SSSR count). The number of aliphatic carboxylic acids is 1. The molecule has 0 bridgehead atoms. The van der Waals surface area contributed by atoms with Gasteiger partial charge in [0.1, 0.15) is 17.5 Å². The van der Waals surface area contributed by atoms with E-state index in [9.17, 15) is 21.6 Å². The van der Waals surface area contributed by atoms with Crippen LogP contribution in [0.5, 0.6) is 11.5 Å². The van der Waals surface area contributed by atoms with Gasteiger partial charge in [-0.3, -0.25) is 18.9 Å². The van der Waals surface area contributed by atoms with Gasteiger partial charge in [0.05, 0.1) is 32.5 Å². The number of carbonyl (C=O) groups is 1. The van der Waals surface area contributed by atoms with Gasteiger partial charge in [-0.1, -0.05) is 0 Å². The molecule has 0 aliphatic carbocycles. The van der Waals surface area contributed by atoms with Crippen LogP contribution in [-0.2, 0) is 25.0 Å². The van der Waals surface area contributed by atoms with Gasteiger partial charge in [-0.15, -0.1) is 0 Å². The molecule has 20 heteroatoms. The van der Waals surface area contributed by atoms with Crippen molar-refractivity contribution >= 4 is 54.9 Å². The maximum absolute atomic E-state index is 10.8. The van der Waals surface area contributed by atoms with Crippen LogP contribution in [0.15, 0.2) is 132 Å². The van der Waals surface area contributed by atoms with Gasteiger partial charge >= 0.3 is 5.97 Å². The van der Waals surface area contributed by atoms with Gasteiger partial charge in [-0.25, -0.2) is 0 Å². The SMILES string of the molecule is CN(C)C(N)=NCCC[C@H](N)C(=O)O.O=S(=O)(O)c1ccc(N=Nc2ccc(O)cc2)cc1.O=S(=O)(O)c1ccc(N=Nc2ccc(O)cc2)cc1. The molecule has 1 atom stereocenters. The molecule has 18 nitrogen and oxygen atoms in total. The van der Waals surface area contributed by atoms with Gasteiger partial charge in [-0.05, 0) is 110 Å². The van der Waals surface area contributed by atoms with E-state index < -0.39 is 32.2 Å². The Morgan fingerprint density at radius 3 is 1.23 bits per heavy atom. The van der Waals surface area contributed by atoms with Crippen molar-refractivity contribution in [1.29, 1.82) is 0 Å². The molecule has 0 aromatic heterocycles. The fourth-order valence-electron chi connectivity index (χ4n) is 3.41. The number of phenolic OH excluding ortho intramolecular Hbond substituents is 2. The summed E-state index contributed by atoms with van der Waals surface area (Å²) in [6.07, 6.45) is 1.04. The topological polar surface area (TPSA) is 304 Å². The Bertz CT molecular complexity index is 1910. The zero-order valence-electron chi connectivity index (χ0n) is 27.9. The number of aromatic hydroxyl groups is 2. The van der Waals surface area contributed by atoms with Gasteiger partial charge < -0.3 is 31.7 Å². The summed E-state index contributed by atoms with van der Waals surface area (Å²) in [5.74, 6) is -0.267. The van der Waals surface area contributed by atoms with Gasteiger partial charge in [0.25, 0.3) is 20.2 Å². The lowest BCUT2D eigenvalue weighted by Gasteiger charge is -2.10. The summed E-state index contributed by atoms with van der Waals surface area (Å²) in [4.78, 5) is 15.7. The smallest absolute Gasteiger partial charge is 0.320 e. The van der Waals surface area contributed by atoms with E-state index in [4.69, 9.17) is 35.9 Å². The lowest BCUT2D eigenvalue weighted by Crippen LogP contribution is -2.31. The number of guanidine groups is 1. The zero-order chi connectivity index (χ0) is 38.9. The number of carboxylic acids is 1. The van der Waals surface area contributed by atoms with Crippen LogP contribution in [0.1, 0.15) is 12.8 Å². The van der Waals surface area contributed by atoms with Gasteiger partial charge in [0, 0.05) is 20.6 Å². The van der Waals surface area contributed by atoms with E-state index in [0.717, 1.165) is 0 Å². The first-order valence-corrected chi connectivity index (χ1v) is 17.8. The van der Waals surface area contributed by atoms with Crippen molar-refractivity contribution in [2.75, 3.05) is 20.6 Å². The molecule has 0 radical (unpaired) electrons. The minimum atomic E-state index is -4.19. The second kappa shape index (κ2) is 20.1. The average molecular weight is 759 g/mol. The molecular formula is C32H38N8O10S2. The predicted octanol–water partition coefficient (Wildman–Crippen LogP) is 5.16. The fraction of sp³-hybridized carbons (Fsp3) is 0.188. The van der Waals surface area contributed by atoms with Gasteiger partial charge in [0.15, 0.2) is 5.96 Å². The first-order chi connectivity index (χ1) is 24.3. The number of rotatable bonds is 11. The Kier molecular flexibility index (Phi) is 16.4. The molecule has 9 N–H and O–H groups in total. The van der Waals surface area contributed by atoms with Gasteiger partial charge in [0.2, 0.25) is 0 Å². The predicted molar refractivity (Wildman–Crippen MR) is 192 cm³/mol. The van der Waals surface area contributed by atoms with E-state index in [1.54, 1.807) is 43.3 Å². The van der Waals surface area contributed by atoms with Crippen LogP contribution in [0.25, 0.3) is 0 Å². The minimum Gasteiger partial charge on any atom is -0.508 e.